The van der Waals surface area contributed by atoms with Gasteiger partial charge >= 0.3 is 0 Å². The molecule has 0 spiro atoms. The van der Waals surface area contributed by atoms with E-state index in [1.54, 1.807) is 44.6 Å². The number of hydrogen-bond acceptors (Lipinski definition) is 5. The van der Waals surface area contributed by atoms with Crippen molar-refractivity contribution in [3.63, 3.8) is 0 Å². The number of anilines is 1. The third-order valence-electron chi connectivity index (χ3n) is 6.68. The summed E-state index contributed by atoms with van der Waals surface area (Å²) < 4.78 is 33.5. The van der Waals surface area contributed by atoms with Crippen LogP contribution in [0.15, 0.2) is 83.4 Å². The number of aromatic amines is 1. The second-order valence-corrected chi connectivity index (χ2v) is 9.21. The van der Waals surface area contributed by atoms with Gasteiger partial charge in [0.05, 0.1) is 22.6 Å². The fraction of sp³-hybridized carbons (Fsp3) is 0.0667. The average Bonchev–Trinajstić information content (AvgIpc) is 3.53. The number of nitrogens with one attached hydrogen (secondary N) is 2. The van der Waals surface area contributed by atoms with Crippen molar-refractivity contribution in [2.75, 3.05) is 19.1 Å². The number of amides is 1. The Hall–Kier alpha value is -5.02. The molecule has 0 bridgehead atoms. The van der Waals surface area contributed by atoms with Gasteiger partial charge < -0.3 is 19.7 Å². The summed E-state index contributed by atoms with van der Waals surface area (Å²) in [4.78, 5) is 20.8. The minimum Gasteiger partial charge on any atom is -0.455 e. The summed E-state index contributed by atoms with van der Waals surface area (Å²) >= 11 is 0. The molecule has 0 unspecified atom stereocenters. The van der Waals surface area contributed by atoms with Gasteiger partial charge in [-0.3, -0.25) is 9.78 Å². The molecular weight excluding hydrogens is 500 g/mol. The molecule has 0 saturated carbocycles. The zero-order valence-electron chi connectivity index (χ0n) is 21.0. The largest absolute Gasteiger partial charge is 0.455 e. The van der Waals surface area contributed by atoms with E-state index in [9.17, 15) is 13.6 Å². The first-order valence-corrected chi connectivity index (χ1v) is 12.1. The number of H-pyrrole nitrogens is 1. The van der Waals surface area contributed by atoms with E-state index in [4.69, 9.17) is 10.3 Å². The van der Waals surface area contributed by atoms with Gasteiger partial charge in [-0.25, -0.2) is 14.6 Å². The molecular formula is C30H23F2N5O2. The lowest BCUT2D eigenvalue weighted by Gasteiger charge is -2.18. The smallest absolute Gasteiger partial charge is 0.255 e. The van der Waals surface area contributed by atoms with Crippen LogP contribution in [0.3, 0.4) is 0 Å². The summed E-state index contributed by atoms with van der Waals surface area (Å²) in [5.74, 6) is 5.51. The molecule has 0 fully saturated rings. The molecule has 4 N–H and O–H groups in total. The topological polar surface area (TPSA) is 100 Å². The number of nitrogens with zero attached hydrogens (tertiary/aromatic N) is 2. The standard InChI is InChI=1S/C30H23F2N5O2/c1-34-30(38)28-22-14-21(26(37(2)33)15-27(22)39-29(28)16-3-5-19(31)6-4-16)17-9-10-35-24(12-17)25-13-18-11-20(32)7-8-23(18)36-25/h3-15,36H,33H2,1-2H3,(H,34,38). The number of furan rings is 1. The number of pyridine rings is 1. The van der Waals surface area contributed by atoms with E-state index >= 15 is 0 Å². The maximum Gasteiger partial charge on any atom is 0.255 e. The first-order valence-electron chi connectivity index (χ1n) is 12.1. The van der Waals surface area contributed by atoms with Crippen LogP contribution in [-0.2, 0) is 0 Å². The minimum absolute atomic E-state index is 0.314. The van der Waals surface area contributed by atoms with E-state index in [0.717, 1.165) is 27.7 Å². The molecule has 6 aromatic rings. The molecule has 1 amide bonds. The second-order valence-electron chi connectivity index (χ2n) is 9.21. The Bertz CT molecular complexity index is 1870. The van der Waals surface area contributed by atoms with Gasteiger partial charge in [0.2, 0.25) is 0 Å². The van der Waals surface area contributed by atoms with Crippen LogP contribution in [0.5, 0.6) is 0 Å². The van der Waals surface area contributed by atoms with Crippen LogP contribution in [0.25, 0.3) is 55.7 Å². The predicted octanol–water partition coefficient (Wildman–Crippen LogP) is 6.26. The summed E-state index contributed by atoms with van der Waals surface area (Å²) in [6, 6.07) is 19.5. The van der Waals surface area contributed by atoms with Gasteiger partial charge in [0.25, 0.3) is 5.91 Å². The van der Waals surface area contributed by atoms with Gasteiger partial charge in [0, 0.05) is 53.8 Å². The number of carbonyl (C=O) groups is 1. The van der Waals surface area contributed by atoms with E-state index in [0.29, 0.717) is 39.2 Å². The molecule has 0 aliphatic heterocycles. The molecule has 0 atom stereocenters. The number of nitrogens with two attached hydrogens (primary N) is 1. The maximum absolute atomic E-state index is 13.7. The van der Waals surface area contributed by atoms with Crippen molar-refractivity contribution < 1.29 is 18.0 Å². The monoisotopic (exact) mass is 523 g/mol. The van der Waals surface area contributed by atoms with Crippen LogP contribution in [-0.4, -0.2) is 30.0 Å². The minimum atomic E-state index is -0.390. The number of rotatable bonds is 5. The number of benzene rings is 3. The Morgan fingerprint density at radius 3 is 2.49 bits per heavy atom. The number of hydrogen-bond donors (Lipinski definition) is 3. The third kappa shape index (κ3) is 4.28. The number of fused-ring (bicyclic) bond motifs is 2. The van der Waals surface area contributed by atoms with Crippen molar-refractivity contribution in [1.29, 1.82) is 0 Å². The van der Waals surface area contributed by atoms with Crippen molar-refractivity contribution in [1.82, 2.24) is 15.3 Å². The first kappa shape index (κ1) is 24.3. The molecule has 3 aromatic carbocycles. The summed E-state index contributed by atoms with van der Waals surface area (Å²) in [7, 11) is 3.25. The molecule has 0 radical (unpaired) electrons. The third-order valence-corrected chi connectivity index (χ3v) is 6.68. The highest BCUT2D eigenvalue weighted by Crippen LogP contribution is 2.41. The summed E-state index contributed by atoms with van der Waals surface area (Å²) in [5.41, 5.74) is 5.73. The highest BCUT2D eigenvalue weighted by Gasteiger charge is 2.24. The number of aromatic nitrogens is 2. The maximum atomic E-state index is 13.7. The average molecular weight is 524 g/mol. The SMILES string of the molecule is CNC(=O)c1c(-c2ccc(F)cc2)oc2cc(N(C)N)c(-c3ccnc(-c4cc5cc(F)ccc5[nH]4)c3)cc12. The Labute approximate surface area is 221 Å². The van der Waals surface area contributed by atoms with Crippen LogP contribution in [0, 0.1) is 11.6 Å². The van der Waals surface area contributed by atoms with Gasteiger partial charge in [-0.1, -0.05) is 0 Å². The molecule has 0 aliphatic rings. The Morgan fingerprint density at radius 1 is 0.974 bits per heavy atom. The zero-order chi connectivity index (χ0) is 27.3. The van der Waals surface area contributed by atoms with Crippen molar-refractivity contribution in [2.24, 2.45) is 5.84 Å². The quantitative estimate of drug-likeness (QED) is 0.183. The summed E-state index contributed by atoms with van der Waals surface area (Å²) in [5, 5.41) is 5.46. The van der Waals surface area contributed by atoms with E-state index in [-0.39, 0.29) is 17.5 Å². The van der Waals surface area contributed by atoms with E-state index < -0.39 is 0 Å². The highest BCUT2D eigenvalue weighted by atomic mass is 19.1. The summed E-state index contributed by atoms with van der Waals surface area (Å²) in [6.45, 7) is 0. The molecule has 3 aromatic heterocycles. The van der Waals surface area contributed by atoms with Gasteiger partial charge in [0.1, 0.15) is 23.0 Å². The molecule has 7 nitrogen and oxygen atoms in total. The Morgan fingerprint density at radius 2 is 1.74 bits per heavy atom. The molecule has 6 rings (SSSR count). The van der Waals surface area contributed by atoms with Crippen molar-refractivity contribution in [3.05, 3.63) is 96.2 Å². The molecule has 0 saturated heterocycles. The number of carbonyl (C=O) groups excluding carboxylic acids is 1. The first-order chi connectivity index (χ1) is 18.8. The van der Waals surface area contributed by atoms with Crippen LogP contribution in [0.4, 0.5) is 14.5 Å². The van der Waals surface area contributed by atoms with Gasteiger partial charge in [-0.15, -0.1) is 0 Å². The Kier molecular flexibility index (Phi) is 5.85. The van der Waals surface area contributed by atoms with Crippen LogP contribution < -0.4 is 16.2 Å². The van der Waals surface area contributed by atoms with Gasteiger partial charge in [-0.2, -0.15) is 0 Å². The summed E-state index contributed by atoms with van der Waals surface area (Å²) in [6.07, 6.45) is 1.68. The van der Waals surface area contributed by atoms with Gasteiger partial charge in [-0.05, 0) is 72.3 Å². The van der Waals surface area contributed by atoms with Crippen molar-refractivity contribution in [3.8, 4) is 33.8 Å². The zero-order valence-corrected chi connectivity index (χ0v) is 21.0. The lowest BCUT2D eigenvalue weighted by atomic mass is 9.98. The van der Waals surface area contributed by atoms with E-state index in [1.165, 1.54) is 29.3 Å². The lowest BCUT2D eigenvalue weighted by Crippen LogP contribution is -2.25. The van der Waals surface area contributed by atoms with Crippen LogP contribution in [0.1, 0.15) is 10.4 Å². The molecule has 9 heteroatoms. The van der Waals surface area contributed by atoms with Crippen LogP contribution in [0.2, 0.25) is 0 Å². The Balaban J connectivity index is 1.55. The molecule has 194 valence electrons. The lowest BCUT2D eigenvalue weighted by molar-refractivity contribution is 0.0964. The molecule has 3 heterocycles. The second kappa shape index (κ2) is 9.38. The molecule has 39 heavy (non-hydrogen) atoms. The van der Waals surface area contributed by atoms with Gasteiger partial charge in [0.15, 0.2) is 0 Å². The van der Waals surface area contributed by atoms with Crippen molar-refractivity contribution >= 4 is 33.5 Å². The predicted molar refractivity (Wildman–Crippen MR) is 148 cm³/mol. The van der Waals surface area contributed by atoms with E-state index in [2.05, 4.69) is 15.3 Å². The number of hydrazine groups is 1. The normalized spacial score (nSPS) is 11.3. The van der Waals surface area contributed by atoms with E-state index in [1.807, 2.05) is 24.3 Å². The van der Waals surface area contributed by atoms with Crippen molar-refractivity contribution in [2.45, 2.75) is 0 Å². The molecule has 0 aliphatic carbocycles. The van der Waals surface area contributed by atoms with Crippen LogP contribution >= 0.6 is 0 Å². The highest BCUT2D eigenvalue weighted by molar-refractivity contribution is 6.12. The fourth-order valence-electron chi connectivity index (χ4n) is 4.80. The number of halogens is 2. The fourth-order valence-corrected chi connectivity index (χ4v) is 4.80.